The van der Waals surface area contributed by atoms with Crippen LogP contribution in [0.25, 0.3) is 0 Å². The summed E-state index contributed by atoms with van der Waals surface area (Å²) >= 11 is 0. The van der Waals surface area contributed by atoms with Crippen LogP contribution in [0.15, 0.2) is 18.5 Å². The molecule has 5 heterocycles. The number of rotatable bonds is 3. The molecular weight excluding hydrogens is 515 g/mol. The number of aryl methyl sites for hydroxylation is 1. The smallest absolute Gasteiger partial charge is 0.410 e. The van der Waals surface area contributed by atoms with E-state index in [1.54, 1.807) is 6.33 Å². The van der Waals surface area contributed by atoms with E-state index in [1.165, 1.54) is 10.5 Å². The van der Waals surface area contributed by atoms with Crippen molar-refractivity contribution in [2.75, 3.05) is 62.7 Å². The molecule has 2 aromatic rings. The fraction of sp³-hybridized carbons (Fsp3) is 0.621. The van der Waals surface area contributed by atoms with Crippen molar-refractivity contribution >= 4 is 23.4 Å². The number of hydrogen-bond acceptors (Lipinski definition) is 9. The van der Waals surface area contributed by atoms with Crippen LogP contribution < -0.4 is 15.0 Å². The Morgan fingerprint density at radius 3 is 2.62 bits per heavy atom. The van der Waals surface area contributed by atoms with Gasteiger partial charge in [-0.3, -0.25) is 4.90 Å². The molecule has 4 aliphatic heterocycles. The first kappa shape index (κ1) is 27.0. The van der Waals surface area contributed by atoms with Crippen LogP contribution in [0.2, 0.25) is 0 Å². The van der Waals surface area contributed by atoms with Gasteiger partial charge in [-0.25, -0.2) is 19.2 Å². The Labute approximate surface area is 234 Å². The molecule has 0 aliphatic carbocycles. The molecule has 1 N–H and O–H groups in total. The molecule has 2 atom stereocenters. The molecule has 10 nitrogen and oxygen atoms in total. The SMILES string of the molecule is Cc1cc(C2CN(C3CCN(C(=O)OC(C)(C)C)CC3F)C2)cc2c1OCc1c(ncnc1N1CCOCC1)N2. The van der Waals surface area contributed by atoms with Crippen molar-refractivity contribution in [3.63, 3.8) is 0 Å². The Bertz CT molecular complexity index is 1260. The summed E-state index contributed by atoms with van der Waals surface area (Å²) in [5.74, 6) is 2.78. The van der Waals surface area contributed by atoms with Gasteiger partial charge in [-0.05, 0) is 51.3 Å². The number of morpholine rings is 1. The number of aromatic nitrogens is 2. The highest BCUT2D eigenvalue weighted by molar-refractivity contribution is 5.73. The number of hydrogen-bond donors (Lipinski definition) is 1. The monoisotopic (exact) mass is 554 g/mol. The zero-order valence-corrected chi connectivity index (χ0v) is 23.8. The number of amides is 1. The molecule has 1 aromatic heterocycles. The fourth-order valence-electron chi connectivity index (χ4n) is 6.08. The highest BCUT2D eigenvalue weighted by Gasteiger charge is 2.42. The van der Waals surface area contributed by atoms with E-state index in [4.69, 9.17) is 14.2 Å². The number of carbonyl (C=O) groups excluding carboxylic acids is 1. The predicted molar refractivity (Wildman–Crippen MR) is 149 cm³/mol. The van der Waals surface area contributed by atoms with E-state index in [0.717, 1.165) is 60.4 Å². The quantitative estimate of drug-likeness (QED) is 0.604. The lowest BCUT2D eigenvalue weighted by Crippen LogP contribution is -2.60. The molecule has 3 fully saturated rings. The van der Waals surface area contributed by atoms with Gasteiger partial charge in [0.05, 0.1) is 31.0 Å². The number of nitrogens with zero attached hydrogens (tertiary/aromatic N) is 5. The Morgan fingerprint density at radius 2 is 1.90 bits per heavy atom. The first-order valence-corrected chi connectivity index (χ1v) is 14.2. The number of fused-ring (bicyclic) bond motifs is 2. The summed E-state index contributed by atoms with van der Waals surface area (Å²) in [7, 11) is 0. The molecule has 0 radical (unpaired) electrons. The van der Waals surface area contributed by atoms with Gasteiger partial charge in [0.1, 0.15) is 42.1 Å². The van der Waals surface area contributed by atoms with Crippen LogP contribution in [0.5, 0.6) is 5.75 Å². The Hall–Kier alpha value is -3.18. The second-order valence-corrected chi connectivity index (χ2v) is 12.2. The molecule has 0 saturated carbocycles. The van der Waals surface area contributed by atoms with E-state index in [0.29, 0.717) is 38.7 Å². The number of benzene rings is 1. The van der Waals surface area contributed by atoms with Crippen LogP contribution in [0.3, 0.4) is 0 Å². The second kappa shape index (κ2) is 10.7. The maximum atomic E-state index is 15.2. The Morgan fingerprint density at radius 1 is 1.12 bits per heavy atom. The number of nitrogens with one attached hydrogen (secondary N) is 1. The van der Waals surface area contributed by atoms with Crippen LogP contribution in [0, 0.1) is 6.92 Å². The molecule has 11 heteroatoms. The second-order valence-electron chi connectivity index (χ2n) is 12.2. The summed E-state index contributed by atoms with van der Waals surface area (Å²) in [6, 6.07) is 4.15. The third-order valence-electron chi connectivity index (χ3n) is 8.15. The van der Waals surface area contributed by atoms with E-state index < -0.39 is 17.9 Å². The van der Waals surface area contributed by atoms with Gasteiger partial charge in [0.15, 0.2) is 0 Å². The van der Waals surface area contributed by atoms with Crippen molar-refractivity contribution in [2.24, 2.45) is 0 Å². The molecule has 1 amide bonds. The van der Waals surface area contributed by atoms with Gasteiger partial charge in [-0.2, -0.15) is 0 Å². The van der Waals surface area contributed by atoms with Gasteiger partial charge in [0, 0.05) is 44.7 Å². The average Bonchev–Trinajstić information content (AvgIpc) is 3.08. The van der Waals surface area contributed by atoms with Gasteiger partial charge < -0.3 is 29.3 Å². The van der Waals surface area contributed by atoms with Gasteiger partial charge in [-0.15, -0.1) is 0 Å². The minimum Gasteiger partial charge on any atom is -0.486 e. The number of halogens is 1. The van der Waals surface area contributed by atoms with Crippen molar-refractivity contribution in [1.82, 2.24) is 19.8 Å². The zero-order valence-electron chi connectivity index (χ0n) is 23.8. The summed E-state index contributed by atoms with van der Waals surface area (Å²) in [6.45, 7) is 13.0. The number of alkyl halides is 1. The highest BCUT2D eigenvalue weighted by Crippen LogP contribution is 2.42. The number of likely N-dealkylation sites (tertiary alicyclic amines) is 2. The number of piperidine rings is 1. The lowest BCUT2D eigenvalue weighted by Gasteiger charge is -2.48. The van der Waals surface area contributed by atoms with Crippen molar-refractivity contribution in [2.45, 2.75) is 64.5 Å². The minimum absolute atomic E-state index is 0.0770. The van der Waals surface area contributed by atoms with Crippen molar-refractivity contribution < 1.29 is 23.4 Å². The van der Waals surface area contributed by atoms with E-state index >= 15 is 4.39 Å². The number of ether oxygens (including phenoxy) is 3. The molecule has 6 rings (SSSR count). The summed E-state index contributed by atoms with van der Waals surface area (Å²) in [5, 5.41) is 3.52. The highest BCUT2D eigenvalue weighted by atomic mass is 19.1. The normalized spacial score (nSPS) is 23.7. The molecule has 1 aromatic carbocycles. The summed E-state index contributed by atoms with van der Waals surface area (Å²) in [6.07, 6.45) is 0.675. The molecule has 4 aliphatic rings. The molecule has 216 valence electrons. The van der Waals surface area contributed by atoms with E-state index in [2.05, 4.69) is 44.1 Å². The zero-order chi connectivity index (χ0) is 28.0. The first-order valence-electron chi connectivity index (χ1n) is 14.2. The van der Waals surface area contributed by atoms with Crippen LogP contribution in [-0.4, -0.2) is 96.2 Å². The van der Waals surface area contributed by atoms with Crippen LogP contribution >= 0.6 is 0 Å². The first-order chi connectivity index (χ1) is 19.2. The van der Waals surface area contributed by atoms with E-state index in [1.807, 2.05) is 20.8 Å². The molecule has 0 bridgehead atoms. The maximum absolute atomic E-state index is 15.2. The summed E-state index contributed by atoms with van der Waals surface area (Å²) in [4.78, 5) is 27.5. The van der Waals surface area contributed by atoms with Crippen LogP contribution in [0.4, 0.5) is 26.5 Å². The fourth-order valence-corrected chi connectivity index (χ4v) is 6.08. The summed E-state index contributed by atoms with van der Waals surface area (Å²) in [5.41, 5.74) is 3.52. The van der Waals surface area contributed by atoms with Gasteiger partial charge in [-0.1, -0.05) is 6.07 Å². The molecule has 40 heavy (non-hydrogen) atoms. The van der Waals surface area contributed by atoms with Crippen molar-refractivity contribution in [1.29, 1.82) is 0 Å². The summed E-state index contributed by atoms with van der Waals surface area (Å²) < 4.78 is 32.5. The number of carbonyl (C=O) groups is 1. The largest absolute Gasteiger partial charge is 0.486 e. The van der Waals surface area contributed by atoms with Crippen molar-refractivity contribution in [3.8, 4) is 5.75 Å². The number of anilines is 3. The predicted octanol–water partition coefficient (Wildman–Crippen LogP) is 4.00. The van der Waals surface area contributed by atoms with Gasteiger partial charge >= 0.3 is 6.09 Å². The van der Waals surface area contributed by atoms with Crippen LogP contribution in [-0.2, 0) is 16.1 Å². The maximum Gasteiger partial charge on any atom is 0.410 e. The molecular formula is C29H39FN6O4. The standard InChI is InChI=1S/C29H39FN6O4/c1-18-11-19(20-13-36(14-20)24-5-6-35(15-22(24)30)28(37)40-29(2,3)4)12-23-25(18)39-16-21-26(33-23)31-17-32-27(21)34-7-9-38-10-8-34/h11-12,17,20,22,24H,5-10,13-16H2,1-4H3,(H,31,32,33). The minimum atomic E-state index is -1.09. The lowest BCUT2D eigenvalue weighted by atomic mass is 9.86. The molecule has 0 spiro atoms. The lowest BCUT2D eigenvalue weighted by molar-refractivity contribution is -0.0228. The Kier molecular flexibility index (Phi) is 7.20. The van der Waals surface area contributed by atoms with E-state index in [-0.39, 0.29) is 12.6 Å². The van der Waals surface area contributed by atoms with Gasteiger partial charge in [0.25, 0.3) is 0 Å². The van der Waals surface area contributed by atoms with Gasteiger partial charge in [0.2, 0.25) is 0 Å². The molecule has 3 saturated heterocycles. The van der Waals surface area contributed by atoms with Crippen LogP contribution in [0.1, 0.15) is 49.8 Å². The van der Waals surface area contributed by atoms with Crippen molar-refractivity contribution in [3.05, 3.63) is 35.2 Å². The Balaban J connectivity index is 1.12. The van der Waals surface area contributed by atoms with E-state index in [9.17, 15) is 4.79 Å². The average molecular weight is 555 g/mol. The third kappa shape index (κ3) is 5.41. The third-order valence-corrected chi connectivity index (χ3v) is 8.15. The topological polar surface area (TPSA) is 92.3 Å². The molecule has 2 unspecified atom stereocenters.